The highest BCUT2D eigenvalue weighted by atomic mass is 19.4. The van der Waals surface area contributed by atoms with E-state index < -0.39 is 23.8 Å². The molecular weight excluding hydrogens is 643 g/mol. The Labute approximate surface area is 287 Å². The molecule has 1 amide bonds. The average molecular weight is 680 g/mol. The van der Waals surface area contributed by atoms with E-state index in [4.69, 9.17) is 14.6 Å². The number of carbonyl (C=O) groups is 1. The molecule has 0 bridgehead atoms. The van der Waals surface area contributed by atoms with Crippen LogP contribution in [-0.4, -0.2) is 45.4 Å². The lowest BCUT2D eigenvalue weighted by molar-refractivity contribution is -0.142. The highest BCUT2D eigenvalue weighted by Gasteiger charge is 2.46. The lowest BCUT2D eigenvalue weighted by atomic mass is 9.77. The Morgan fingerprint density at radius 2 is 1.64 bits per heavy atom. The number of hydrogen-bond donors (Lipinski definition) is 0. The molecule has 5 aromatic rings. The summed E-state index contributed by atoms with van der Waals surface area (Å²) in [6.07, 6.45) is -0.384. The van der Waals surface area contributed by atoms with Gasteiger partial charge in [-0.3, -0.25) is 4.79 Å². The number of nitrogens with zero attached hydrogens (tertiary/aromatic N) is 5. The molecule has 1 aliphatic heterocycles. The third-order valence-electron chi connectivity index (χ3n) is 9.45. The fourth-order valence-electron chi connectivity index (χ4n) is 6.95. The number of aromatic nitrogens is 3. The van der Waals surface area contributed by atoms with Gasteiger partial charge in [-0.2, -0.15) is 23.4 Å². The predicted octanol–water partition coefficient (Wildman–Crippen LogP) is 8.99. The lowest BCUT2D eigenvalue weighted by Gasteiger charge is -2.30. The van der Waals surface area contributed by atoms with Crippen molar-refractivity contribution >= 4 is 23.3 Å². The number of carbonyl (C=O) groups excluding carboxylic acids is 1. The van der Waals surface area contributed by atoms with Crippen LogP contribution in [0.2, 0.25) is 0 Å². The van der Waals surface area contributed by atoms with E-state index in [1.54, 1.807) is 26.4 Å². The summed E-state index contributed by atoms with van der Waals surface area (Å²) >= 11 is 0. The minimum Gasteiger partial charge on any atom is -0.496 e. The summed E-state index contributed by atoms with van der Waals surface area (Å²) in [5.74, 6) is 0.728. The van der Waals surface area contributed by atoms with Gasteiger partial charge in [-0.15, -0.1) is 0 Å². The number of methoxy groups -OCH3 is 2. The van der Waals surface area contributed by atoms with Gasteiger partial charge in [-0.1, -0.05) is 74.5 Å². The van der Waals surface area contributed by atoms with Gasteiger partial charge in [-0.25, -0.2) is 14.5 Å². The van der Waals surface area contributed by atoms with Crippen LogP contribution in [0.15, 0.2) is 95.6 Å². The van der Waals surface area contributed by atoms with Crippen molar-refractivity contribution in [3.63, 3.8) is 0 Å². The van der Waals surface area contributed by atoms with Crippen molar-refractivity contribution in [3.8, 4) is 22.8 Å². The Morgan fingerprint density at radius 3 is 2.34 bits per heavy atom. The van der Waals surface area contributed by atoms with Gasteiger partial charge >= 0.3 is 6.18 Å². The number of hydrazone groups is 1. The van der Waals surface area contributed by atoms with Gasteiger partial charge in [0.05, 0.1) is 31.7 Å². The maximum Gasteiger partial charge on any atom is 0.433 e. The van der Waals surface area contributed by atoms with Gasteiger partial charge in [0.1, 0.15) is 11.5 Å². The molecule has 3 aromatic carbocycles. The molecule has 0 saturated heterocycles. The standard InChI is InChI=1S/C39H36F3N5O3/c1-23(2)24-16-18-25(19-17-24)30-21-34(39(40,41)42)46-35(43-30)22-31(44-46)38(48)47-37(28-12-6-8-15-33(28)50-4)29-13-9-11-27(36(29)45-47)20-26-10-5-7-14-32(26)49-3/h5-8,10,12,14-23,29,37H,9,11,13H2,1-4H3/b27-20-. The van der Waals surface area contributed by atoms with Crippen LogP contribution in [0.1, 0.15) is 77.9 Å². The number of fused-ring (bicyclic) bond motifs is 2. The Hall–Kier alpha value is -5.45. The molecule has 8 nitrogen and oxygen atoms in total. The molecule has 1 aliphatic carbocycles. The molecule has 2 aromatic heterocycles. The third-order valence-corrected chi connectivity index (χ3v) is 9.45. The van der Waals surface area contributed by atoms with Gasteiger partial charge in [0, 0.05) is 28.7 Å². The van der Waals surface area contributed by atoms with Crippen molar-refractivity contribution in [2.24, 2.45) is 11.0 Å². The van der Waals surface area contributed by atoms with Crippen LogP contribution < -0.4 is 9.47 Å². The largest absolute Gasteiger partial charge is 0.496 e. The number of alkyl halides is 3. The van der Waals surface area contributed by atoms with Gasteiger partial charge in [0.2, 0.25) is 0 Å². The molecule has 2 atom stereocenters. The van der Waals surface area contributed by atoms with Crippen molar-refractivity contribution in [1.29, 1.82) is 0 Å². The van der Waals surface area contributed by atoms with E-state index in [1.807, 2.05) is 80.6 Å². The zero-order valence-corrected chi connectivity index (χ0v) is 28.1. The highest BCUT2D eigenvalue weighted by Crippen LogP contribution is 2.47. The molecule has 1 fully saturated rings. The second-order valence-corrected chi connectivity index (χ2v) is 12.8. The van der Waals surface area contributed by atoms with Crippen LogP contribution in [0, 0.1) is 5.92 Å². The van der Waals surface area contributed by atoms with Crippen LogP contribution in [-0.2, 0) is 6.18 Å². The van der Waals surface area contributed by atoms with Crippen LogP contribution in [0.4, 0.5) is 13.2 Å². The summed E-state index contributed by atoms with van der Waals surface area (Å²) in [6, 6.07) is 24.1. The number of allylic oxidation sites excluding steroid dienone is 1. The number of benzene rings is 3. The zero-order valence-electron chi connectivity index (χ0n) is 28.1. The van der Waals surface area contributed by atoms with E-state index in [9.17, 15) is 18.0 Å². The van der Waals surface area contributed by atoms with Crippen molar-refractivity contribution in [2.75, 3.05) is 14.2 Å². The van der Waals surface area contributed by atoms with Crippen molar-refractivity contribution in [3.05, 3.63) is 119 Å². The highest BCUT2D eigenvalue weighted by molar-refractivity contribution is 6.09. The monoisotopic (exact) mass is 679 g/mol. The van der Waals surface area contributed by atoms with Gasteiger partial charge in [0.25, 0.3) is 5.91 Å². The molecule has 0 spiro atoms. The summed E-state index contributed by atoms with van der Waals surface area (Å²) in [5.41, 5.74) is 3.72. The van der Waals surface area contributed by atoms with E-state index in [0.717, 1.165) is 53.3 Å². The minimum atomic E-state index is -4.76. The Bertz CT molecular complexity index is 2140. The minimum absolute atomic E-state index is 0.0963. The Morgan fingerprint density at radius 1 is 0.940 bits per heavy atom. The summed E-state index contributed by atoms with van der Waals surface area (Å²) in [6.45, 7) is 4.09. The molecule has 1 saturated carbocycles. The SMILES string of the molecule is COc1ccccc1/C=C1/CCCC2C1=NN(C(=O)c1cc3nc(-c4ccc(C(C)C)cc4)cc(C(F)(F)F)n3n1)C2c1ccccc1OC. The first-order valence-corrected chi connectivity index (χ1v) is 16.5. The van der Waals surface area contributed by atoms with Crippen molar-refractivity contribution in [2.45, 2.75) is 51.2 Å². The molecule has 2 aliphatic rings. The maximum absolute atomic E-state index is 14.5. The second-order valence-electron chi connectivity index (χ2n) is 12.8. The zero-order chi connectivity index (χ0) is 35.2. The fourth-order valence-corrected chi connectivity index (χ4v) is 6.95. The number of halogens is 3. The summed E-state index contributed by atoms with van der Waals surface area (Å²) < 4.78 is 55.5. The number of ether oxygens (including phenoxy) is 2. The average Bonchev–Trinajstić information content (AvgIpc) is 3.73. The first kappa shape index (κ1) is 33.1. The molecule has 50 heavy (non-hydrogen) atoms. The Balaban J connectivity index is 1.34. The van der Waals surface area contributed by atoms with Crippen molar-refractivity contribution < 1.29 is 27.4 Å². The predicted molar refractivity (Wildman–Crippen MR) is 185 cm³/mol. The third kappa shape index (κ3) is 6.01. The number of rotatable bonds is 7. The maximum atomic E-state index is 14.5. The first-order chi connectivity index (χ1) is 24.1. The van der Waals surface area contributed by atoms with E-state index in [2.05, 4.69) is 10.1 Å². The van der Waals surface area contributed by atoms with Gasteiger partial charge in [-0.05, 0) is 60.6 Å². The molecule has 0 radical (unpaired) electrons. The van der Waals surface area contributed by atoms with Crippen LogP contribution in [0.3, 0.4) is 0 Å². The van der Waals surface area contributed by atoms with E-state index in [-0.39, 0.29) is 28.9 Å². The number of amides is 1. The van der Waals surface area contributed by atoms with Crippen LogP contribution in [0.25, 0.3) is 23.0 Å². The lowest BCUT2D eigenvalue weighted by Crippen LogP contribution is -2.32. The van der Waals surface area contributed by atoms with E-state index >= 15 is 0 Å². The topological polar surface area (TPSA) is 81.3 Å². The van der Waals surface area contributed by atoms with Crippen LogP contribution >= 0.6 is 0 Å². The van der Waals surface area contributed by atoms with Crippen LogP contribution in [0.5, 0.6) is 11.5 Å². The normalized spacial score (nSPS) is 18.4. The van der Waals surface area contributed by atoms with Gasteiger partial charge in [0.15, 0.2) is 17.0 Å². The second kappa shape index (κ2) is 13.1. The summed E-state index contributed by atoms with van der Waals surface area (Å²) in [4.78, 5) is 19.0. The quantitative estimate of drug-likeness (QED) is 0.172. The van der Waals surface area contributed by atoms with Gasteiger partial charge < -0.3 is 9.47 Å². The summed E-state index contributed by atoms with van der Waals surface area (Å²) in [5, 5.41) is 10.5. The molecule has 0 N–H and O–H groups in total. The molecule has 256 valence electrons. The number of hydrogen-bond acceptors (Lipinski definition) is 6. The molecule has 3 heterocycles. The molecule has 2 unspecified atom stereocenters. The fraction of sp³-hybridized carbons (Fsp3) is 0.282. The molecule has 7 rings (SSSR count). The molecule has 11 heteroatoms. The molecular formula is C39H36F3N5O3. The first-order valence-electron chi connectivity index (χ1n) is 16.5. The van der Waals surface area contributed by atoms with Crippen molar-refractivity contribution in [1.82, 2.24) is 19.6 Å². The number of para-hydroxylation sites is 2. The Kier molecular flexibility index (Phi) is 8.67. The van der Waals surface area contributed by atoms with E-state index in [1.165, 1.54) is 11.1 Å². The smallest absolute Gasteiger partial charge is 0.433 e. The van der Waals surface area contributed by atoms with E-state index in [0.29, 0.717) is 21.6 Å². The summed E-state index contributed by atoms with van der Waals surface area (Å²) in [7, 11) is 3.18.